The maximum absolute atomic E-state index is 11.8. The van der Waals surface area contributed by atoms with E-state index in [0.29, 0.717) is 12.2 Å². The topological polar surface area (TPSA) is 46.0 Å². The fraction of sp³-hybridized carbons (Fsp3) is 0.300. The summed E-state index contributed by atoms with van der Waals surface area (Å²) in [5, 5.41) is 4.02. The van der Waals surface area contributed by atoms with Crippen molar-refractivity contribution in [3.8, 4) is 0 Å². The van der Waals surface area contributed by atoms with Gasteiger partial charge in [-0.15, -0.1) is 0 Å². The third-order valence-corrected chi connectivity index (χ3v) is 4.78. The average molecular weight is 370 g/mol. The van der Waals surface area contributed by atoms with Gasteiger partial charge in [0.2, 0.25) is 0 Å². The maximum Gasteiger partial charge on any atom is 0.338 e. The van der Waals surface area contributed by atoms with Crippen LogP contribution in [0.1, 0.15) is 22.8 Å². The molecular weight excluding hydrogens is 346 g/mol. The number of carbonyl (C=O) groups is 1. The first kappa shape index (κ1) is 18.4. The van der Waals surface area contributed by atoms with Gasteiger partial charge in [-0.25, -0.2) is 4.79 Å². The van der Waals surface area contributed by atoms with E-state index in [1.807, 2.05) is 18.2 Å². The van der Waals surface area contributed by atoms with Crippen LogP contribution in [0.5, 0.6) is 0 Å². The molecule has 2 aromatic carbocycles. The first-order valence-electron chi connectivity index (χ1n) is 8.87. The van der Waals surface area contributed by atoms with Gasteiger partial charge in [-0.3, -0.25) is 4.90 Å². The highest BCUT2D eigenvalue weighted by Gasteiger charge is 2.24. The standard InChI is InChI=1S/C20H23N3O2S/c1-2-25-19(24)17-8-10-18(11-9-17)23-15-22(14-21-20(23)26)13-12-16-6-4-3-5-7-16/h3-11H,2,12-15H2,1H3,(H,21,26)/p+1. The molecule has 0 aromatic heterocycles. The van der Waals surface area contributed by atoms with Crippen LogP contribution in [0.4, 0.5) is 5.69 Å². The molecule has 3 rings (SSSR count). The van der Waals surface area contributed by atoms with Crippen LogP contribution in [0.2, 0.25) is 0 Å². The lowest BCUT2D eigenvalue weighted by atomic mass is 10.1. The molecule has 1 aliphatic heterocycles. The summed E-state index contributed by atoms with van der Waals surface area (Å²) in [6.07, 6.45) is 1.03. The SMILES string of the molecule is CCOC(=O)c1ccc(N2C[NH+](CCc3ccccc3)CNC2=S)cc1. The minimum absolute atomic E-state index is 0.298. The summed E-state index contributed by atoms with van der Waals surface area (Å²) < 4.78 is 5.03. The van der Waals surface area contributed by atoms with Gasteiger partial charge in [-0.2, -0.15) is 0 Å². The molecule has 0 radical (unpaired) electrons. The molecule has 1 fully saturated rings. The lowest BCUT2D eigenvalue weighted by Gasteiger charge is -2.35. The summed E-state index contributed by atoms with van der Waals surface area (Å²) in [5.41, 5.74) is 2.88. The largest absolute Gasteiger partial charge is 0.462 e. The summed E-state index contributed by atoms with van der Waals surface area (Å²) in [6.45, 7) is 4.83. The fourth-order valence-electron chi connectivity index (χ4n) is 2.98. The van der Waals surface area contributed by atoms with E-state index in [4.69, 9.17) is 17.0 Å². The number of esters is 1. The fourth-order valence-corrected chi connectivity index (χ4v) is 3.22. The number of benzene rings is 2. The van der Waals surface area contributed by atoms with E-state index in [9.17, 15) is 4.79 Å². The number of hydrogen-bond acceptors (Lipinski definition) is 3. The van der Waals surface area contributed by atoms with Crippen molar-refractivity contribution in [2.45, 2.75) is 13.3 Å². The molecule has 2 N–H and O–H groups in total. The zero-order chi connectivity index (χ0) is 18.4. The van der Waals surface area contributed by atoms with Crippen molar-refractivity contribution in [1.29, 1.82) is 0 Å². The van der Waals surface area contributed by atoms with Crippen molar-refractivity contribution in [2.75, 3.05) is 31.4 Å². The van der Waals surface area contributed by atoms with Crippen molar-refractivity contribution in [3.05, 3.63) is 65.7 Å². The van der Waals surface area contributed by atoms with Crippen LogP contribution in [-0.2, 0) is 11.2 Å². The third kappa shape index (κ3) is 4.59. The molecule has 26 heavy (non-hydrogen) atoms. The number of hydrogen-bond donors (Lipinski definition) is 2. The van der Waals surface area contributed by atoms with E-state index in [1.165, 1.54) is 10.5 Å². The van der Waals surface area contributed by atoms with Crippen LogP contribution in [0.3, 0.4) is 0 Å². The molecular formula is C20H24N3O2S+. The Hall–Kier alpha value is -2.44. The van der Waals surface area contributed by atoms with E-state index in [1.54, 1.807) is 19.1 Å². The van der Waals surface area contributed by atoms with Crippen LogP contribution in [0, 0.1) is 0 Å². The molecule has 1 saturated heterocycles. The monoisotopic (exact) mass is 370 g/mol. The molecule has 6 heteroatoms. The van der Waals surface area contributed by atoms with Crippen LogP contribution in [0.25, 0.3) is 0 Å². The van der Waals surface area contributed by atoms with Crippen molar-refractivity contribution in [2.24, 2.45) is 0 Å². The Morgan fingerprint density at radius 2 is 1.92 bits per heavy atom. The Kier molecular flexibility index (Phi) is 6.20. The summed E-state index contributed by atoms with van der Waals surface area (Å²) in [6, 6.07) is 17.9. The molecule has 136 valence electrons. The number of carbonyl (C=O) groups excluding carboxylic acids is 1. The first-order chi connectivity index (χ1) is 12.7. The molecule has 0 aliphatic carbocycles. The van der Waals surface area contributed by atoms with Gasteiger partial charge in [0, 0.05) is 12.1 Å². The Balaban J connectivity index is 1.63. The molecule has 1 unspecified atom stereocenters. The van der Waals surface area contributed by atoms with E-state index in [2.05, 4.69) is 34.5 Å². The van der Waals surface area contributed by atoms with E-state index < -0.39 is 0 Å². The zero-order valence-electron chi connectivity index (χ0n) is 14.9. The van der Waals surface area contributed by atoms with Crippen molar-refractivity contribution in [1.82, 2.24) is 5.32 Å². The minimum atomic E-state index is -0.298. The quantitative estimate of drug-likeness (QED) is 0.597. The number of thiocarbonyl (C=S) groups is 1. The highest BCUT2D eigenvalue weighted by atomic mass is 32.1. The van der Waals surface area contributed by atoms with Gasteiger partial charge in [0.1, 0.15) is 0 Å². The predicted molar refractivity (Wildman–Crippen MR) is 106 cm³/mol. The van der Waals surface area contributed by atoms with E-state index in [-0.39, 0.29) is 5.97 Å². The first-order valence-corrected chi connectivity index (χ1v) is 9.28. The summed E-state index contributed by atoms with van der Waals surface area (Å²) in [7, 11) is 0. The summed E-state index contributed by atoms with van der Waals surface area (Å²) in [4.78, 5) is 15.3. The van der Waals surface area contributed by atoms with Gasteiger partial charge >= 0.3 is 5.97 Å². The molecule has 1 atom stereocenters. The van der Waals surface area contributed by atoms with Gasteiger partial charge in [0.15, 0.2) is 18.4 Å². The second kappa shape index (κ2) is 8.78. The number of nitrogens with zero attached hydrogens (tertiary/aromatic N) is 1. The second-order valence-corrected chi connectivity index (χ2v) is 6.63. The summed E-state index contributed by atoms with van der Waals surface area (Å²) in [5.74, 6) is -0.298. The maximum atomic E-state index is 11.8. The molecule has 1 aliphatic rings. The number of quaternary nitrogens is 1. The van der Waals surface area contributed by atoms with Crippen molar-refractivity contribution < 1.29 is 14.4 Å². The highest BCUT2D eigenvalue weighted by Crippen LogP contribution is 2.16. The molecule has 2 aromatic rings. The van der Waals surface area contributed by atoms with Gasteiger partial charge in [-0.1, -0.05) is 30.3 Å². The van der Waals surface area contributed by atoms with Gasteiger partial charge in [0.05, 0.1) is 18.7 Å². The Morgan fingerprint density at radius 3 is 2.62 bits per heavy atom. The number of anilines is 1. The zero-order valence-corrected chi connectivity index (χ0v) is 15.7. The van der Waals surface area contributed by atoms with Crippen LogP contribution < -0.4 is 15.1 Å². The van der Waals surface area contributed by atoms with Gasteiger partial charge in [-0.05, 0) is 49.0 Å². The number of rotatable bonds is 6. The Labute approximate surface area is 159 Å². The van der Waals surface area contributed by atoms with Gasteiger partial charge < -0.3 is 15.0 Å². The molecule has 0 spiro atoms. The van der Waals surface area contributed by atoms with Gasteiger partial charge in [0.25, 0.3) is 0 Å². The molecule has 0 amide bonds. The Morgan fingerprint density at radius 1 is 1.19 bits per heavy atom. The summed E-state index contributed by atoms with van der Waals surface area (Å²) >= 11 is 5.48. The second-order valence-electron chi connectivity index (χ2n) is 6.25. The molecule has 1 heterocycles. The number of ether oxygens (including phenoxy) is 1. The number of nitrogens with one attached hydrogen (secondary N) is 2. The molecule has 0 bridgehead atoms. The van der Waals surface area contributed by atoms with E-state index in [0.717, 1.165) is 37.1 Å². The van der Waals surface area contributed by atoms with E-state index >= 15 is 0 Å². The van der Waals surface area contributed by atoms with Crippen molar-refractivity contribution in [3.63, 3.8) is 0 Å². The van der Waals surface area contributed by atoms with Crippen LogP contribution in [0.15, 0.2) is 54.6 Å². The lowest BCUT2D eigenvalue weighted by Crippen LogP contribution is -3.17. The minimum Gasteiger partial charge on any atom is -0.462 e. The lowest BCUT2D eigenvalue weighted by molar-refractivity contribution is -0.902. The third-order valence-electron chi connectivity index (χ3n) is 4.42. The van der Waals surface area contributed by atoms with Crippen molar-refractivity contribution >= 4 is 29.0 Å². The van der Waals surface area contributed by atoms with Crippen LogP contribution in [-0.4, -0.2) is 37.6 Å². The Bertz CT molecular complexity index is 749. The molecule has 0 saturated carbocycles. The normalized spacial score (nSPS) is 16.9. The predicted octanol–water partition coefficient (Wildman–Crippen LogP) is 1.60. The molecule has 5 nitrogen and oxygen atoms in total. The smallest absolute Gasteiger partial charge is 0.338 e. The van der Waals surface area contributed by atoms with Crippen LogP contribution >= 0.6 is 12.2 Å². The average Bonchev–Trinajstić information content (AvgIpc) is 2.68. The highest BCUT2D eigenvalue weighted by molar-refractivity contribution is 7.80.